The summed E-state index contributed by atoms with van der Waals surface area (Å²) in [5.41, 5.74) is 9.42. The lowest BCUT2D eigenvalue weighted by atomic mass is 10.1. The van der Waals surface area contributed by atoms with E-state index < -0.39 is 0 Å². The monoisotopic (exact) mass is 267 g/mol. The molecule has 0 aliphatic rings. The molecular formula is C16H17N3O. The number of benzene rings is 2. The fourth-order valence-corrected chi connectivity index (χ4v) is 2.16. The van der Waals surface area contributed by atoms with Crippen molar-refractivity contribution in [3.05, 3.63) is 54.1 Å². The number of rotatable bonds is 5. The number of hydrogen-bond donors (Lipinski definition) is 2. The van der Waals surface area contributed by atoms with Crippen LogP contribution in [0.2, 0.25) is 0 Å². The molecular weight excluding hydrogens is 250 g/mol. The van der Waals surface area contributed by atoms with Gasteiger partial charge in [-0.15, -0.1) is 0 Å². The van der Waals surface area contributed by atoms with Crippen LogP contribution in [0.1, 0.15) is 12.0 Å². The minimum absolute atomic E-state index is 0.516. The minimum atomic E-state index is 0.516. The molecule has 0 saturated heterocycles. The van der Waals surface area contributed by atoms with Gasteiger partial charge in [0.2, 0.25) is 0 Å². The van der Waals surface area contributed by atoms with Crippen molar-refractivity contribution in [2.75, 3.05) is 11.9 Å². The minimum Gasteiger partial charge on any atom is -0.423 e. The Labute approximate surface area is 117 Å². The van der Waals surface area contributed by atoms with E-state index in [1.165, 1.54) is 5.56 Å². The van der Waals surface area contributed by atoms with Crippen molar-refractivity contribution < 1.29 is 4.42 Å². The smallest absolute Gasteiger partial charge is 0.300 e. The van der Waals surface area contributed by atoms with E-state index in [0.717, 1.165) is 29.6 Å². The van der Waals surface area contributed by atoms with Gasteiger partial charge in [-0.25, -0.2) is 0 Å². The largest absolute Gasteiger partial charge is 0.423 e. The number of nitrogens with one attached hydrogen (secondary N) is 1. The van der Waals surface area contributed by atoms with Crippen molar-refractivity contribution in [1.29, 1.82) is 0 Å². The number of nitrogens with zero attached hydrogens (tertiary/aromatic N) is 1. The quantitative estimate of drug-likeness (QED) is 0.743. The number of para-hydroxylation sites is 2. The molecule has 102 valence electrons. The molecule has 0 atom stereocenters. The van der Waals surface area contributed by atoms with Crippen LogP contribution in [0.5, 0.6) is 0 Å². The first-order valence-electron chi connectivity index (χ1n) is 6.77. The van der Waals surface area contributed by atoms with Gasteiger partial charge in [0.1, 0.15) is 5.52 Å². The highest BCUT2D eigenvalue weighted by molar-refractivity contribution is 5.75. The highest BCUT2D eigenvalue weighted by Crippen LogP contribution is 2.22. The molecule has 0 saturated carbocycles. The summed E-state index contributed by atoms with van der Waals surface area (Å²) in [6, 6.07) is 16.5. The lowest BCUT2D eigenvalue weighted by Crippen LogP contribution is -2.00. The van der Waals surface area contributed by atoms with Crippen molar-refractivity contribution >= 4 is 22.8 Å². The summed E-state index contributed by atoms with van der Waals surface area (Å²) < 4.78 is 5.65. The molecule has 0 radical (unpaired) electrons. The number of anilines is 2. The molecule has 3 aromatic rings. The summed E-state index contributed by atoms with van der Waals surface area (Å²) in [4.78, 5) is 4.40. The summed E-state index contributed by atoms with van der Waals surface area (Å²) in [6.07, 6.45) is 1.98. The van der Waals surface area contributed by atoms with Gasteiger partial charge in [0.05, 0.1) is 0 Å². The van der Waals surface area contributed by atoms with Gasteiger partial charge in [0.25, 0.3) is 6.01 Å². The molecule has 0 unspecified atom stereocenters. The fraction of sp³-hybridized carbons (Fsp3) is 0.188. The maximum atomic E-state index is 5.65. The molecule has 0 amide bonds. The van der Waals surface area contributed by atoms with Crippen LogP contribution in [0.3, 0.4) is 0 Å². The Kier molecular flexibility index (Phi) is 3.65. The van der Waals surface area contributed by atoms with E-state index in [-0.39, 0.29) is 0 Å². The number of hydrogen-bond acceptors (Lipinski definition) is 4. The molecule has 0 fully saturated rings. The highest BCUT2D eigenvalue weighted by Gasteiger charge is 2.05. The molecule has 4 nitrogen and oxygen atoms in total. The first kappa shape index (κ1) is 12.7. The fourth-order valence-electron chi connectivity index (χ4n) is 2.16. The SMILES string of the molecule is NCCCc1cccc(Nc2nc3ccccc3o2)c1. The van der Waals surface area contributed by atoms with E-state index in [2.05, 4.69) is 22.4 Å². The maximum absolute atomic E-state index is 5.65. The summed E-state index contributed by atoms with van der Waals surface area (Å²) in [7, 11) is 0. The van der Waals surface area contributed by atoms with Crippen molar-refractivity contribution in [1.82, 2.24) is 4.98 Å². The summed E-state index contributed by atoms with van der Waals surface area (Å²) in [6.45, 7) is 0.711. The Hall–Kier alpha value is -2.33. The van der Waals surface area contributed by atoms with Crippen molar-refractivity contribution in [2.24, 2.45) is 5.73 Å². The molecule has 1 heterocycles. The van der Waals surface area contributed by atoms with Crippen LogP contribution in [-0.4, -0.2) is 11.5 Å². The Morgan fingerprint density at radius 2 is 2.00 bits per heavy atom. The van der Waals surface area contributed by atoms with Crippen LogP contribution in [0, 0.1) is 0 Å². The molecule has 4 heteroatoms. The zero-order valence-corrected chi connectivity index (χ0v) is 11.2. The zero-order chi connectivity index (χ0) is 13.8. The van der Waals surface area contributed by atoms with Crippen LogP contribution in [-0.2, 0) is 6.42 Å². The van der Waals surface area contributed by atoms with E-state index in [1.54, 1.807) is 0 Å². The van der Waals surface area contributed by atoms with E-state index in [0.29, 0.717) is 12.6 Å². The van der Waals surface area contributed by atoms with E-state index in [1.807, 2.05) is 36.4 Å². The van der Waals surface area contributed by atoms with Crippen molar-refractivity contribution in [3.63, 3.8) is 0 Å². The molecule has 0 aliphatic carbocycles. The van der Waals surface area contributed by atoms with Crippen LogP contribution < -0.4 is 11.1 Å². The van der Waals surface area contributed by atoms with Crippen LogP contribution in [0.15, 0.2) is 52.9 Å². The van der Waals surface area contributed by atoms with Gasteiger partial charge in [0, 0.05) is 5.69 Å². The van der Waals surface area contributed by atoms with E-state index in [9.17, 15) is 0 Å². The van der Waals surface area contributed by atoms with Crippen LogP contribution in [0.4, 0.5) is 11.7 Å². The first-order valence-corrected chi connectivity index (χ1v) is 6.77. The van der Waals surface area contributed by atoms with Gasteiger partial charge in [-0.05, 0) is 49.2 Å². The maximum Gasteiger partial charge on any atom is 0.300 e. The molecule has 0 bridgehead atoms. The highest BCUT2D eigenvalue weighted by atomic mass is 16.4. The molecule has 0 aliphatic heterocycles. The lowest BCUT2D eigenvalue weighted by molar-refractivity contribution is 0.623. The molecule has 20 heavy (non-hydrogen) atoms. The normalized spacial score (nSPS) is 10.8. The summed E-state index contributed by atoms with van der Waals surface area (Å²) in [5.74, 6) is 0. The average Bonchev–Trinajstić information content (AvgIpc) is 2.87. The Morgan fingerprint density at radius 1 is 1.10 bits per heavy atom. The molecule has 1 aromatic heterocycles. The second kappa shape index (κ2) is 5.75. The number of aryl methyl sites for hydroxylation is 1. The van der Waals surface area contributed by atoms with Gasteiger partial charge >= 0.3 is 0 Å². The number of nitrogens with two attached hydrogens (primary N) is 1. The van der Waals surface area contributed by atoms with Crippen molar-refractivity contribution in [2.45, 2.75) is 12.8 Å². The summed E-state index contributed by atoms with van der Waals surface area (Å²) >= 11 is 0. The second-order valence-electron chi connectivity index (χ2n) is 4.70. The number of oxazole rings is 1. The first-order chi connectivity index (χ1) is 9.85. The van der Waals surface area contributed by atoms with E-state index >= 15 is 0 Å². The second-order valence-corrected chi connectivity index (χ2v) is 4.70. The molecule has 0 spiro atoms. The number of fused-ring (bicyclic) bond motifs is 1. The van der Waals surface area contributed by atoms with E-state index in [4.69, 9.17) is 10.2 Å². The predicted molar refractivity (Wildman–Crippen MR) is 81.1 cm³/mol. The summed E-state index contributed by atoms with van der Waals surface area (Å²) in [5, 5.41) is 3.20. The predicted octanol–water partition coefficient (Wildman–Crippen LogP) is 3.46. The molecule has 2 aromatic carbocycles. The Morgan fingerprint density at radius 3 is 2.85 bits per heavy atom. The van der Waals surface area contributed by atoms with Gasteiger partial charge < -0.3 is 15.5 Å². The van der Waals surface area contributed by atoms with Crippen LogP contribution in [0.25, 0.3) is 11.1 Å². The lowest BCUT2D eigenvalue weighted by Gasteiger charge is -2.04. The van der Waals surface area contributed by atoms with Crippen LogP contribution >= 0.6 is 0 Å². The van der Waals surface area contributed by atoms with Gasteiger partial charge in [-0.1, -0.05) is 24.3 Å². The standard InChI is InChI=1S/C16H17N3O/c17-10-4-6-12-5-3-7-13(11-12)18-16-19-14-8-1-2-9-15(14)20-16/h1-3,5,7-9,11H,4,6,10,17H2,(H,18,19). The molecule has 3 rings (SSSR count). The third-order valence-corrected chi connectivity index (χ3v) is 3.14. The van der Waals surface area contributed by atoms with Crippen molar-refractivity contribution in [3.8, 4) is 0 Å². The Bertz CT molecular complexity index is 673. The zero-order valence-electron chi connectivity index (χ0n) is 11.2. The third-order valence-electron chi connectivity index (χ3n) is 3.14. The average molecular weight is 267 g/mol. The number of aromatic nitrogens is 1. The molecule has 3 N–H and O–H groups in total. The Balaban J connectivity index is 1.79. The van der Waals surface area contributed by atoms with Gasteiger partial charge in [-0.2, -0.15) is 4.98 Å². The van der Waals surface area contributed by atoms with Gasteiger partial charge in [0.15, 0.2) is 5.58 Å². The van der Waals surface area contributed by atoms with Gasteiger partial charge in [-0.3, -0.25) is 0 Å². The topological polar surface area (TPSA) is 64.1 Å². The third kappa shape index (κ3) is 2.81.